The molecule has 0 saturated carbocycles. The normalized spacial score (nSPS) is 11.6. The fourth-order valence-electron chi connectivity index (χ4n) is 1.91. The number of carbonyl (C=O) groups excluding carboxylic acids is 1. The smallest absolute Gasteiger partial charge is 0.256 e. The van der Waals surface area contributed by atoms with Gasteiger partial charge in [0.05, 0.1) is 6.61 Å². The fraction of sp³-hybridized carbons (Fsp3) is 0.611. The van der Waals surface area contributed by atoms with Gasteiger partial charge in [0.2, 0.25) is 0 Å². The van der Waals surface area contributed by atoms with E-state index in [1.54, 1.807) is 13.8 Å². The summed E-state index contributed by atoms with van der Waals surface area (Å²) in [5, 5.41) is 2.87. The first-order chi connectivity index (χ1) is 10.8. The van der Waals surface area contributed by atoms with Gasteiger partial charge in [-0.3, -0.25) is 4.79 Å². The van der Waals surface area contributed by atoms with Crippen LogP contribution in [0.3, 0.4) is 0 Å². The van der Waals surface area contributed by atoms with Crippen molar-refractivity contribution < 1.29 is 14.3 Å². The van der Waals surface area contributed by atoms with E-state index in [0.29, 0.717) is 13.2 Å². The lowest BCUT2D eigenvalue weighted by Gasteiger charge is -2.24. The molecule has 0 radical (unpaired) electrons. The molecule has 0 unspecified atom stereocenters. The third-order valence-corrected chi connectivity index (χ3v) is 3.34. The summed E-state index contributed by atoms with van der Waals surface area (Å²) in [5.74, 6) is 0.661. The van der Waals surface area contributed by atoms with Gasteiger partial charge in [-0.05, 0) is 65.0 Å². The molecule has 0 saturated heterocycles. The maximum Gasteiger partial charge on any atom is 0.256 e. The monoisotopic (exact) mass is 322 g/mol. The highest BCUT2D eigenvalue weighted by Gasteiger charge is 2.28. The van der Waals surface area contributed by atoms with Crippen molar-refractivity contribution in [2.45, 2.75) is 39.2 Å². The van der Waals surface area contributed by atoms with E-state index in [2.05, 4.69) is 10.2 Å². The second-order valence-electron chi connectivity index (χ2n) is 6.34. The van der Waals surface area contributed by atoms with Gasteiger partial charge in [-0.1, -0.05) is 6.92 Å². The lowest BCUT2D eigenvalue weighted by molar-refractivity contribution is -0.137. The van der Waals surface area contributed by atoms with Crippen molar-refractivity contribution in [3.63, 3.8) is 0 Å². The molecule has 0 fully saturated rings. The molecular weight excluding hydrogens is 292 g/mol. The minimum absolute atomic E-state index is 0.148. The molecule has 23 heavy (non-hydrogen) atoms. The molecule has 5 nitrogen and oxygen atoms in total. The van der Waals surface area contributed by atoms with Crippen LogP contribution in [0.4, 0.5) is 5.69 Å². The minimum atomic E-state index is -0.836. The van der Waals surface area contributed by atoms with Crippen molar-refractivity contribution in [1.82, 2.24) is 4.90 Å². The lowest BCUT2D eigenvalue weighted by Crippen LogP contribution is -2.40. The van der Waals surface area contributed by atoms with Gasteiger partial charge in [0, 0.05) is 18.8 Å². The standard InChI is InChI=1S/C18H30N2O3/c1-6-13-23-18(2,3)17(21)19-15-8-10-16(11-9-15)22-14-7-12-20(4)5/h8-11H,6-7,12-14H2,1-5H3,(H,19,21). The Morgan fingerprint density at radius 2 is 1.83 bits per heavy atom. The number of benzene rings is 1. The van der Waals surface area contributed by atoms with Crippen molar-refractivity contribution in [2.75, 3.05) is 39.2 Å². The van der Waals surface area contributed by atoms with Crippen molar-refractivity contribution in [1.29, 1.82) is 0 Å². The SMILES string of the molecule is CCCOC(C)(C)C(=O)Nc1ccc(OCCCN(C)C)cc1. The van der Waals surface area contributed by atoms with Gasteiger partial charge in [-0.2, -0.15) is 0 Å². The van der Waals surface area contributed by atoms with Gasteiger partial charge in [0.15, 0.2) is 0 Å². The average Bonchev–Trinajstić information content (AvgIpc) is 2.51. The Balaban J connectivity index is 2.45. The Morgan fingerprint density at radius 3 is 2.39 bits per heavy atom. The fourth-order valence-corrected chi connectivity index (χ4v) is 1.91. The molecule has 1 amide bonds. The van der Waals surface area contributed by atoms with Crippen LogP contribution < -0.4 is 10.1 Å². The van der Waals surface area contributed by atoms with Crippen molar-refractivity contribution in [2.24, 2.45) is 0 Å². The molecule has 0 spiro atoms. The Bertz CT molecular complexity index is 470. The number of rotatable bonds is 10. The largest absolute Gasteiger partial charge is 0.494 e. The summed E-state index contributed by atoms with van der Waals surface area (Å²) in [5.41, 5.74) is -0.0963. The zero-order valence-corrected chi connectivity index (χ0v) is 15.0. The molecule has 5 heteroatoms. The molecule has 0 aromatic heterocycles. The van der Waals surface area contributed by atoms with E-state index >= 15 is 0 Å². The van der Waals surface area contributed by atoms with E-state index in [1.807, 2.05) is 45.3 Å². The highest BCUT2D eigenvalue weighted by atomic mass is 16.5. The number of anilines is 1. The highest BCUT2D eigenvalue weighted by molar-refractivity contribution is 5.96. The summed E-state index contributed by atoms with van der Waals surface area (Å²) in [6, 6.07) is 7.42. The lowest BCUT2D eigenvalue weighted by atomic mass is 10.1. The number of nitrogens with zero attached hydrogens (tertiary/aromatic N) is 1. The molecule has 0 aliphatic carbocycles. The van der Waals surface area contributed by atoms with E-state index in [1.165, 1.54) is 0 Å². The van der Waals surface area contributed by atoms with Crippen LogP contribution in [-0.4, -0.2) is 50.3 Å². The summed E-state index contributed by atoms with van der Waals surface area (Å²) in [6.07, 6.45) is 1.87. The van der Waals surface area contributed by atoms with Crippen LogP contribution in [0.25, 0.3) is 0 Å². The number of hydrogen-bond acceptors (Lipinski definition) is 4. The van der Waals surface area contributed by atoms with Crippen LogP contribution in [-0.2, 0) is 9.53 Å². The van der Waals surface area contributed by atoms with Crippen molar-refractivity contribution >= 4 is 11.6 Å². The molecule has 130 valence electrons. The van der Waals surface area contributed by atoms with Gasteiger partial charge < -0.3 is 19.7 Å². The van der Waals surface area contributed by atoms with Gasteiger partial charge >= 0.3 is 0 Å². The Labute approximate surface area is 140 Å². The Hall–Kier alpha value is -1.59. The highest BCUT2D eigenvalue weighted by Crippen LogP contribution is 2.18. The molecule has 0 atom stereocenters. The molecule has 0 aliphatic rings. The van der Waals surface area contributed by atoms with Crippen molar-refractivity contribution in [3.8, 4) is 5.75 Å². The summed E-state index contributed by atoms with van der Waals surface area (Å²) >= 11 is 0. The predicted molar refractivity (Wildman–Crippen MR) is 94.1 cm³/mol. The number of carbonyl (C=O) groups is 1. The van der Waals surface area contributed by atoms with E-state index < -0.39 is 5.60 Å². The minimum Gasteiger partial charge on any atom is -0.494 e. The van der Waals surface area contributed by atoms with E-state index in [-0.39, 0.29) is 5.91 Å². The Kier molecular flexibility index (Phi) is 8.06. The van der Waals surface area contributed by atoms with Gasteiger partial charge in [-0.25, -0.2) is 0 Å². The van der Waals surface area contributed by atoms with Crippen LogP contribution in [0.5, 0.6) is 5.75 Å². The predicted octanol–water partition coefficient (Wildman–Crippen LogP) is 3.16. The van der Waals surface area contributed by atoms with Crippen LogP contribution in [0.1, 0.15) is 33.6 Å². The Morgan fingerprint density at radius 1 is 1.17 bits per heavy atom. The maximum absolute atomic E-state index is 12.2. The average molecular weight is 322 g/mol. The van der Waals surface area contributed by atoms with Gasteiger partial charge in [0.1, 0.15) is 11.4 Å². The van der Waals surface area contributed by atoms with Gasteiger partial charge in [0.25, 0.3) is 5.91 Å². The first-order valence-electron chi connectivity index (χ1n) is 8.18. The maximum atomic E-state index is 12.2. The van der Waals surface area contributed by atoms with Crippen molar-refractivity contribution in [3.05, 3.63) is 24.3 Å². The molecule has 0 aliphatic heterocycles. The molecular formula is C18H30N2O3. The van der Waals surface area contributed by atoms with Gasteiger partial charge in [-0.15, -0.1) is 0 Å². The summed E-state index contributed by atoms with van der Waals surface area (Å²) in [6.45, 7) is 7.83. The summed E-state index contributed by atoms with van der Waals surface area (Å²) in [4.78, 5) is 14.4. The van der Waals surface area contributed by atoms with Crippen LogP contribution in [0.15, 0.2) is 24.3 Å². The number of amides is 1. The number of nitrogens with one attached hydrogen (secondary N) is 1. The third kappa shape index (κ3) is 7.48. The quantitative estimate of drug-likeness (QED) is 0.672. The van der Waals surface area contributed by atoms with Crippen LogP contribution >= 0.6 is 0 Å². The number of ether oxygens (including phenoxy) is 2. The first kappa shape index (κ1) is 19.5. The number of hydrogen-bond donors (Lipinski definition) is 1. The molecule has 1 rings (SSSR count). The zero-order chi connectivity index (χ0) is 17.3. The van der Waals surface area contributed by atoms with E-state index in [9.17, 15) is 4.79 Å². The summed E-state index contributed by atoms with van der Waals surface area (Å²) < 4.78 is 11.3. The molecule has 1 aromatic carbocycles. The summed E-state index contributed by atoms with van der Waals surface area (Å²) in [7, 11) is 4.09. The topological polar surface area (TPSA) is 50.8 Å². The van der Waals surface area contributed by atoms with Crippen LogP contribution in [0, 0.1) is 0 Å². The molecule has 0 bridgehead atoms. The third-order valence-electron chi connectivity index (χ3n) is 3.34. The zero-order valence-electron chi connectivity index (χ0n) is 15.0. The molecule has 0 heterocycles. The second-order valence-corrected chi connectivity index (χ2v) is 6.34. The van der Waals surface area contributed by atoms with Crippen LogP contribution in [0.2, 0.25) is 0 Å². The van der Waals surface area contributed by atoms with E-state index in [4.69, 9.17) is 9.47 Å². The second kappa shape index (κ2) is 9.53. The molecule has 1 N–H and O–H groups in total. The first-order valence-corrected chi connectivity index (χ1v) is 8.18. The van der Waals surface area contributed by atoms with E-state index in [0.717, 1.165) is 30.8 Å². The molecule has 1 aromatic rings.